The minimum atomic E-state index is -0.148. The van der Waals surface area contributed by atoms with Gasteiger partial charge in [0.2, 0.25) is 0 Å². The first-order chi connectivity index (χ1) is 11.8. The van der Waals surface area contributed by atoms with Crippen molar-refractivity contribution in [2.75, 3.05) is 12.3 Å². The molecule has 0 spiro atoms. The molecule has 122 valence electrons. The number of pyridine rings is 1. The Morgan fingerprint density at radius 1 is 1.08 bits per heavy atom. The summed E-state index contributed by atoms with van der Waals surface area (Å²) in [5, 5.41) is 9.80. The number of amides is 1. The number of benzene rings is 1. The Morgan fingerprint density at radius 3 is 2.71 bits per heavy atom. The van der Waals surface area contributed by atoms with Crippen LogP contribution < -0.4 is 5.32 Å². The second-order valence-electron chi connectivity index (χ2n) is 5.18. The summed E-state index contributed by atoms with van der Waals surface area (Å²) in [6, 6.07) is 17.6. The molecule has 1 amide bonds. The summed E-state index contributed by atoms with van der Waals surface area (Å²) in [5.41, 5.74) is 3.15. The Morgan fingerprint density at radius 2 is 1.92 bits per heavy atom. The van der Waals surface area contributed by atoms with E-state index in [0.717, 1.165) is 17.2 Å². The van der Waals surface area contributed by atoms with E-state index in [1.807, 2.05) is 36.4 Å². The second kappa shape index (κ2) is 8.31. The lowest BCUT2D eigenvalue weighted by atomic mass is 10.2. The molecule has 2 aromatic heterocycles. The van der Waals surface area contributed by atoms with Gasteiger partial charge in [0.15, 0.2) is 0 Å². The van der Waals surface area contributed by atoms with E-state index in [-0.39, 0.29) is 5.91 Å². The molecule has 0 saturated carbocycles. The van der Waals surface area contributed by atoms with Crippen molar-refractivity contribution in [2.24, 2.45) is 0 Å². The zero-order valence-electron chi connectivity index (χ0n) is 13.1. The zero-order chi connectivity index (χ0) is 16.6. The number of hydrogen-bond donors (Lipinski definition) is 2. The van der Waals surface area contributed by atoms with Gasteiger partial charge >= 0.3 is 0 Å². The number of thioether (sulfide) groups is 1. The van der Waals surface area contributed by atoms with Crippen LogP contribution in [-0.4, -0.2) is 33.4 Å². The maximum absolute atomic E-state index is 12.1. The molecule has 24 heavy (non-hydrogen) atoms. The first-order valence-electron chi connectivity index (χ1n) is 7.69. The average molecular weight is 338 g/mol. The minimum absolute atomic E-state index is 0.148. The van der Waals surface area contributed by atoms with Crippen LogP contribution in [-0.2, 0) is 5.75 Å². The molecule has 0 aliphatic rings. The molecule has 0 bridgehead atoms. The highest BCUT2D eigenvalue weighted by atomic mass is 32.2. The number of nitrogens with zero attached hydrogens (tertiary/aromatic N) is 2. The van der Waals surface area contributed by atoms with Gasteiger partial charge in [0.1, 0.15) is 11.4 Å². The molecular formula is C18H18N4OS. The van der Waals surface area contributed by atoms with Gasteiger partial charge in [0, 0.05) is 24.2 Å². The summed E-state index contributed by atoms with van der Waals surface area (Å²) in [6.45, 7) is 0.619. The highest BCUT2D eigenvalue weighted by Gasteiger charge is 2.10. The third-order valence-electron chi connectivity index (χ3n) is 3.39. The number of aromatic amines is 1. The van der Waals surface area contributed by atoms with Crippen LogP contribution in [0.1, 0.15) is 16.1 Å². The highest BCUT2D eigenvalue weighted by molar-refractivity contribution is 7.98. The average Bonchev–Trinajstić information content (AvgIpc) is 3.13. The van der Waals surface area contributed by atoms with E-state index in [9.17, 15) is 4.79 Å². The molecule has 0 unspecified atom stereocenters. The zero-order valence-corrected chi connectivity index (χ0v) is 13.9. The van der Waals surface area contributed by atoms with Gasteiger partial charge in [-0.1, -0.05) is 36.4 Å². The molecule has 0 atom stereocenters. The van der Waals surface area contributed by atoms with Crippen LogP contribution >= 0.6 is 11.8 Å². The highest BCUT2D eigenvalue weighted by Crippen LogP contribution is 2.14. The molecule has 3 rings (SSSR count). The Labute approximate surface area is 144 Å². The predicted octanol–water partition coefficient (Wildman–Crippen LogP) is 3.13. The molecule has 0 aliphatic heterocycles. The molecular weight excluding hydrogens is 320 g/mol. The fourth-order valence-corrected chi connectivity index (χ4v) is 3.00. The van der Waals surface area contributed by atoms with E-state index in [2.05, 4.69) is 32.6 Å². The van der Waals surface area contributed by atoms with Gasteiger partial charge in [0.25, 0.3) is 5.91 Å². The predicted molar refractivity (Wildman–Crippen MR) is 96.8 cm³/mol. The molecule has 2 N–H and O–H groups in total. The molecule has 0 fully saturated rings. The fourth-order valence-electron chi connectivity index (χ4n) is 2.18. The fraction of sp³-hybridized carbons (Fsp3) is 0.167. The number of H-pyrrole nitrogens is 1. The Bertz CT molecular complexity index is 774. The maximum atomic E-state index is 12.1. The maximum Gasteiger partial charge on any atom is 0.269 e. The second-order valence-corrected chi connectivity index (χ2v) is 6.28. The number of rotatable bonds is 7. The van der Waals surface area contributed by atoms with Crippen LogP contribution in [0.3, 0.4) is 0 Å². The number of nitrogens with one attached hydrogen (secondary N) is 2. The van der Waals surface area contributed by atoms with Gasteiger partial charge in [-0.3, -0.25) is 14.9 Å². The van der Waals surface area contributed by atoms with Gasteiger partial charge in [0.05, 0.1) is 5.69 Å². The Hall–Kier alpha value is -2.60. The SMILES string of the molecule is O=C(NCCSCc1ccccc1)c1cc(-c2ccccn2)n[nH]1. The number of carbonyl (C=O) groups is 1. The lowest BCUT2D eigenvalue weighted by Gasteiger charge is -2.04. The van der Waals surface area contributed by atoms with Crippen LogP contribution in [0.2, 0.25) is 0 Å². The number of aromatic nitrogens is 3. The minimum Gasteiger partial charge on any atom is -0.350 e. The summed E-state index contributed by atoms with van der Waals surface area (Å²) in [5.74, 6) is 1.66. The lowest BCUT2D eigenvalue weighted by Crippen LogP contribution is -2.26. The summed E-state index contributed by atoms with van der Waals surface area (Å²) >= 11 is 1.80. The summed E-state index contributed by atoms with van der Waals surface area (Å²) in [6.07, 6.45) is 1.70. The quantitative estimate of drug-likeness (QED) is 0.649. The van der Waals surface area contributed by atoms with Crippen molar-refractivity contribution in [2.45, 2.75) is 5.75 Å². The van der Waals surface area contributed by atoms with Gasteiger partial charge in [-0.15, -0.1) is 0 Å². The standard InChI is InChI=1S/C18H18N4OS/c23-18(20-10-11-24-13-14-6-2-1-3-7-14)17-12-16(21-22-17)15-8-4-5-9-19-15/h1-9,12H,10-11,13H2,(H,20,23)(H,21,22). The molecule has 2 heterocycles. The first-order valence-corrected chi connectivity index (χ1v) is 8.85. The van der Waals surface area contributed by atoms with E-state index in [4.69, 9.17) is 0 Å². The smallest absolute Gasteiger partial charge is 0.269 e. The van der Waals surface area contributed by atoms with Gasteiger partial charge < -0.3 is 5.32 Å². The van der Waals surface area contributed by atoms with Gasteiger partial charge in [-0.05, 0) is 23.8 Å². The molecule has 0 saturated heterocycles. The Kier molecular flexibility index (Phi) is 5.63. The molecule has 0 radical (unpaired) electrons. The van der Waals surface area contributed by atoms with Crippen molar-refractivity contribution in [3.63, 3.8) is 0 Å². The molecule has 0 aliphatic carbocycles. The number of hydrogen-bond acceptors (Lipinski definition) is 4. The molecule has 1 aromatic carbocycles. The van der Waals surface area contributed by atoms with E-state index in [1.165, 1.54) is 5.56 Å². The monoisotopic (exact) mass is 338 g/mol. The first kappa shape index (κ1) is 16.3. The summed E-state index contributed by atoms with van der Waals surface area (Å²) in [4.78, 5) is 16.3. The van der Waals surface area contributed by atoms with Gasteiger partial charge in [-0.25, -0.2) is 0 Å². The normalized spacial score (nSPS) is 10.5. The third kappa shape index (κ3) is 4.45. The van der Waals surface area contributed by atoms with Crippen molar-refractivity contribution < 1.29 is 4.79 Å². The molecule has 5 nitrogen and oxygen atoms in total. The Balaban J connectivity index is 1.43. The van der Waals surface area contributed by atoms with E-state index in [0.29, 0.717) is 17.9 Å². The van der Waals surface area contributed by atoms with Crippen LogP contribution in [0.5, 0.6) is 0 Å². The van der Waals surface area contributed by atoms with E-state index >= 15 is 0 Å². The topological polar surface area (TPSA) is 70.7 Å². The summed E-state index contributed by atoms with van der Waals surface area (Å²) < 4.78 is 0. The molecule has 3 aromatic rings. The number of carbonyl (C=O) groups excluding carboxylic acids is 1. The van der Waals surface area contributed by atoms with Gasteiger partial charge in [-0.2, -0.15) is 16.9 Å². The van der Waals surface area contributed by atoms with Crippen LogP contribution in [0, 0.1) is 0 Å². The third-order valence-corrected chi connectivity index (χ3v) is 4.42. The summed E-state index contributed by atoms with van der Waals surface area (Å²) in [7, 11) is 0. The van der Waals surface area contributed by atoms with Crippen molar-refractivity contribution in [3.05, 3.63) is 72.1 Å². The molecule has 6 heteroatoms. The van der Waals surface area contributed by atoms with E-state index < -0.39 is 0 Å². The van der Waals surface area contributed by atoms with Crippen LogP contribution in [0.15, 0.2) is 60.8 Å². The lowest BCUT2D eigenvalue weighted by molar-refractivity contribution is 0.0951. The largest absolute Gasteiger partial charge is 0.350 e. The van der Waals surface area contributed by atoms with Crippen molar-refractivity contribution in [1.29, 1.82) is 0 Å². The van der Waals surface area contributed by atoms with Crippen molar-refractivity contribution in [3.8, 4) is 11.4 Å². The van der Waals surface area contributed by atoms with Crippen molar-refractivity contribution >= 4 is 17.7 Å². The van der Waals surface area contributed by atoms with E-state index in [1.54, 1.807) is 24.0 Å². The van der Waals surface area contributed by atoms with Crippen molar-refractivity contribution in [1.82, 2.24) is 20.5 Å². The van der Waals surface area contributed by atoms with Crippen LogP contribution in [0.4, 0.5) is 0 Å². The van der Waals surface area contributed by atoms with Crippen LogP contribution in [0.25, 0.3) is 11.4 Å².